The van der Waals surface area contributed by atoms with Crippen LogP contribution in [0.25, 0.3) is 0 Å². The van der Waals surface area contributed by atoms with E-state index in [2.05, 4.69) is 20.9 Å². The molecule has 0 spiro atoms. The molecule has 1 atom stereocenters. The largest absolute Gasteiger partial charge is 0.334 e. The van der Waals surface area contributed by atoms with E-state index in [9.17, 15) is 9.59 Å². The molecule has 3 rings (SSSR count). The third-order valence-electron chi connectivity index (χ3n) is 4.09. The maximum atomic E-state index is 12.5. The smallest absolute Gasteiger partial charge is 0.315 e. The van der Waals surface area contributed by atoms with Gasteiger partial charge in [-0.1, -0.05) is 48.5 Å². The van der Waals surface area contributed by atoms with Gasteiger partial charge in [-0.05, 0) is 35.4 Å². The topological polar surface area (TPSA) is 83.1 Å². The van der Waals surface area contributed by atoms with Gasteiger partial charge in [0.25, 0.3) is 0 Å². The molecule has 0 fully saturated rings. The number of urea groups is 1. The summed E-state index contributed by atoms with van der Waals surface area (Å²) < 4.78 is 0. The van der Waals surface area contributed by atoms with Crippen LogP contribution in [0.1, 0.15) is 29.8 Å². The molecule has 0 aliphatic rings. The zero-order valence-corrected chi connectivity index (χ0v) is 15.6. The summed E-state index contributed by atoms with van der Waals surface area (Å²) >= 11 is 0. The second-order valence-corrected chi connectivity index (χ2v) is 6.31. The molecule has 0 bridgehead atoms. The maximum absolute atomic E-state index is 12.5. The van der Waals surface area contributed by atoms with Gasteiger partial charge >= 0.3 is 6.03 Å². The molecule has 1 heterocycles. The summed E-state index contributed by atoms with van der Waals surface area (Å²) in [5, 5.41) is 8.58. The van der Waals surface area contributed by atoms with Gasteiger partial charge in [-0.2, -0.15) is 0 Å². The number of hydrogen-bond donors (Lipinski definition) is 3. The molecule has 0 aliphatic heterocycles. The Morgan fingerprint density at radius 1 is 0.964 bits per heavy atom. The average Bonchev–Trinajstić information content (AvgIpc) is 2.71. The second kappa shape index (κ2) is 9.32. The molecular weight excluding hydrogens is 352 g/mol. The van der Waals surface area contributed by atoms with E-state index in [1.54, 1.807) is 12.3 Å². The lowest BCUT2D eigenvalue weighted by Crippen LogP contribution is -2.38. The summed E-state index contributed by atoms with van der Waals surface area (Å²) in [6, 6.07) is 22.0. The molecule has 142 valence electrons. The van der Waals surface area contributed by atoms with Crippen molar-refractivity contribution >= 4 is 17.6 Å². The first-order valence-electron chi connectivity index (χ1n) is 8.98. The zero-order valence-electron chi connectivity index (χ0n) is 15.6. The Labute approximate surface area is 164 Å². The molecule has 1 aromatic heterocycles. The molecule has 0 radical (unpaired) electrons. The van der Waals surface area contributed by atoms with Crippen molar-refractivity contribution in [1.82, 2.24) is 15.6 Å². The van der Waals surface area contributed by atoms with Gasteiger partial charge in [0.2, 0.25) is 5.91 Å². The molecule has 0 aliphatic carbocycles. The van der Waals surface area contributed by atoms with E-state index in [0.717, 1.165) is 16.8 Å². The number of hydrogen-bond acceptors (Lipinski definition) is 3. The predicted molar refractivity (Wildman–Crippen MR) is 109 cm³/mol. The van der Waals surface area contributed by atoms with Gasteiger partial charge in [-0.25, -0.2) is 4.79 Å². The highest BCUT2D eigenvalue weighted by atomic mass is 16.2. The molecule has 3 aromatic rings. The molecule has 1 unspecified atom stereocenters. The molecule has 2 aromatic carbocycles. The van der Waals surface area contributed by atoms with Crippen LogP contribution in [0.5, 0.6) is 0 Å². The number of rotatable bonds is 6. The van der Waals surface area contributed by atoms with Crippen LogP contribution in [0.4, 0.5) is 10.5 Å². The normalized spacial score (nSPS) is 11.3. The fourth-order valence-electron chi connectivity index (χ4n) is 2.85. The third-order valence-corrected chi connectivity index (χ3v) is 4.09. The lowest BCUT2D eigenvalue weighted by atomic mass is 10.0. The molecule has 0 saturated carbocycles. The Morgan fingerprint density at radius 3 is 2.46 bits per heavy atom. The Hall–Kier alpha value is -3.67. The number of nitrogens with zero attached hydrogens (tertiary/aromatic N) is 1. The lowest BCUT2D eigenvalue weighted by molar-refractivity contribution is -0.114. The fraction of sp³-hybridized carbons (Fsp3) is 0.136. The van der Waals surface area contributed by atoms with E-state index in [1.165, 1.54) is 6.92 Å². The predicted octanol–water partition coefficient (Wildman–Crippen LogP) is 3.63. The highest BCUT2D eigenvalue weighted by Gasteiger charge is 2.17. The van der Waals surface area contributed by atoms with Crippen LogP contribution in [-0.4, -0.2) is 16.9 Å². The van der Waals surface area contributed by atoms with Crippen molar-refractivity contribution in [2.45, 2.75) is 19.5 Å². The summed E-state index contributed by atoms with van der Waals surface area (Å²) in [5.41, 5.74) is 3.29. The number of carbonyl (C=O) groups is 2. The minimum Gasteiger partial charge on any atom is -0.334 e. The standard InChI is InChI=1S/C22H22N4O2/c1-16(27)25-19-11-7-8-17(14-19)15-24-22(28)26-21(18-9-3-2-4-10-18)20-12-5-6-13-23-20/h2-14,21H,15H2,1H3,(H,25,27)(H2,24,26,28). The van der Waals surface area contributed by atoms with Gasteiger partial charge in [-0.15, -0.1) is 0 Å². The molecule has 6 heteroatoms. The van der Waals surface area contributed by atoms with Crippen molar-refractivity contribution in [3.8, 4) is 0 Å². The van der Waals surface area contributed by atoms with Crippen LogP contribution in [-0.2, 0) is 11.3 Å². The maximum Gasteiger partial charge on any atom is 0.315 e. The number of carbonyl (C=O) groups excluding carboxylic acids is 2. The highest BCUT2D eigenvalue weighted by molar-refractivity contribution is 5.88. The van der Waals surface area contributed by atoms with Crippen LogP contribution in [0.2, 0.25) is 0 Å². The van der Waals surface area contributed by atoms with Crippen molar-refractivity contribution < 1.29 is 9.59 Å². The number of aromatic nitrogens is 1. The average molecular weight is 374 g/mol. The van der Waals surface area contributed by atoms with Crippen LogP contribution in [0.15, 0.2) is 79.0 Å². The van der Waals surface area contributed by atoms with Gasteiger partial charge in [0.15, 0.2) is 0 Å². The van der Waals surface area contributed by atoms with E-state index in [1.807, 2.05) is 66.7 Å². The van der Waals surface area contributed by atoms with Crippen molar-refractivity contribution in [1.29, 1.82) is 0 Å². The summed E-state index contributed by atoms with van der Waals surface area (Å²) in [5.74, 6) is -0.135. The first-order chi connectivity index (χ1) is 13.6. The van der Waals surface area contributed by atoms with Crippen molar-refractivity contribution in [2.75, 3.05) is 5.32 Å². The minimum absolute atomic E-state index is 0.135. The minimum atomic E-state index is -0.354. The van der Waals surface area contributed by atoms with Gasteiger partial charge in [0.05, 0.1) is 11.7 Å². The van der Waals surface area contributed by atoms with Gasteiger partial charge in [-0.3, -0.25) is 9.78 Å². The third kappa shape index (κ3) is 5.41. The first-order valence-corrected chi connectivity index (χ1v) is 8.98. The van der Waals surface area contributed by atoms with Gasteiger partial charge in [0.1, 0.15) is 0 Å². The SMILES string of the molecule is CC(=O)Nc1cccc(CNC(=O)NC(c2ccccc2)c2ccccn2)c1. The molecule has 6 nitrogen and oxygen atoms in total. The molecule has 3 N–H and O–H groups in total. The number of pyridine rings is 1. The lowest BCUT2D eigenvalue weighted by Gasteiger charge is -2.19. The molecule has 28 heavy (non-hydrogen) atoms. The number of benzene rings is 2. The van der Waals surface area contributed by atoms with E-state index in [4.69, 9.17) is 0 Å². The van der Waals surface area contributed by atoms with Crippen LogP contribution >= 0.6 is 0 Å². The quantitative estimate of drug-likeness (QED) is 0.616. The Kier molecular flexibility index (Phi) is 6.36. The summed E-state index contributed by atoms with van der Waals surface area (Å²) in [6.45, 7) is 1.79. The van der Waals surface area contributed by atoms with E-state index >= 15 is 0 Å². The molecule has 3 amide bonds. The van der Waals surface area contributed by atoms with Crippen LogP contribution in [0, 0.1) is 0 Å². The van der Waals surface area contributed by atoms with E-state index < -0.39 is 0 Å². The fourth-order valence-corrected chi connectivity index (χ4v) is 2.85. The monoisotopic (exact) mass is 374 g/mol. The van der Waals surface area contributed by atoms with Gasteiger partial charge in [0, 0.05) is 25.4 Å². The number of anilines is 1. The van der Waals surface area contributed by atoms with E-state index in [-0.39, 0.29) is 18.0 Å². The second-order valence-electron chi connectivity index (χ2n) is 6.31. The van der Waals surface area contributed by atoms with Crippen LogP contribution < -0.4 is 16.0 Å². The van der Waals surface area contributed by atoms with Crippen molar-refractivity contribution in [3.63, 3.8) is 0 Å². The van der Waals surface area contributed by atoms with Gasteiger partial charge < -0.3 is 16.0 Å². The van der Waals surface area contributed by atoms with Crippen molar-refractivity contribution in [2.24, 2.45) is 0 Å². The summed E-state index contributed by atoms with van der Waals surface area (Å²) in [4.78, 5) is 28.1. The number of nitrogens with one attached hydrogen (secondary N) is 3. The van der Waals surface area contributed by atoms with Crippen molar-refractivity contribution in [3.05, 3.63) is 95.8 Å². The Balaban J connectivity index is 1.67. The highest BCUT2D eigenvalue weighted by Crippen LogP contribution is 2.19. The Morgan fingerprint density at radius 2 is 1.75 bits per heavy atom. The molecule has 0 saturated heterocycles. The summed E-state index contributed by atoms with van der Waals surface area (Å²) in [6.07, 6.45) is 1.71. The Bertz CT molecular complexity index is 890. The first kappa shape index (κ1) is 19.1. The molecular formula is C22H22N4O2. The zero-order chi connectivity index (χ0) is 19.8. The summed E-state index contributed by atoms with van der Waals surface area (Å²) in [7, 11) is 0. The van der Waals surface area contributed by atoms with Crippen LogP contribution in [0.3, 0.4) is 0 Å². The van der Waals surface area contributed by atoms with E-state index in [0.29, 0.717) is 12.2 Å². The number of amides is 3.